The molecule has 1 amide bonds. The Bertz CT molecular complexity index is 960. The number of hydrogen-bond donors (Lipinski definition) is 0. The van der Waals surface area contributed by atoms with Gasteiger partial charge in [0.1, 0.15) is 0 Å². The third-order valence-corrected chi connectivity index (χ3v) is 5.18. The lowest BCUT2D eigenvalue weighted by molar-refractivity contribution is 0.0504. The number of nitrogens with zero attached hydrogens (tertiary/aromatic N) is 4. The van der Waals surface area contributed by atoms with E-state index in [4.69, 9.17) is 4.74 Å². The van der Waals surface area contributed by atoms with Crippen LogP contribution in [0.5, 0.6) is 0 Å². The van der Waals surface area contributed by atoms with Crippen LogP contribution in [0.4, 0.5) is 0 Å². The summed E-state index contributed by atoms with van der Waals surface area (Å²) in [6.45, 7) is 5.82. The fraction of sp³-hybridized carbons (Fsp3) is 0.348. The Balaban J connectivity index is 1.55. The highest BCUT2D eigenvalue weighted by Gasteiger charge is 2.24. The van der Waals surface area contributed by atoms with Crippen LogP contribution in [0.1, 0.15) is 40.3 Å². The first-order valence-electron chi connectivity index (χ1n) is 10.0. The summed E-state index contributed by atoms with van der Waals surface area (Å²) in [7, 11) is 0. The zero-order valence-electron chi connectivity index (χ0n) is 16.9. The maximum atomic E-state index is 13.3. The number of aryl methyl sites for hydroxylation is 2. The topological polar surface area (TPSA) is 60.2 Å². The van der Waals surface area contributed by atoms with Crippen LogP contribution in [0.15, 0.2) is 54.7 Å². The largest absolute Gasteiger partial charge is 0.376 e. The minimum absolute atomic E-state index is 0.00827. The van der Waals surface area contributed by atoms with Crippen molar-refractivity contribution in [2.45, 2.75) is 39.3 Å². The summed E-state index contributed by atoms with van der Waals surface area (Å²) in [5.41, 5.74) is 4.52. The van der Waals surface area contributed by atoms with Crippen molar-refractivity contribution in [3.63, 3.8) is 0 Å². The first-order valence-corrected chi connectivity index (χ1v) is 10.0. The highest BCUT2D eigenvalue weighted by Crippen LogP contribution is 2.18. The maximum Gasteiger partial charge on any atom is 0.254 e. The van der Waals surface area contributed by atoms with Crippen molar-refractivity contribution in [1.29, 1.82) is 0 Å². The molecule has 1 aliphatic rings. The summed E-state index contributed by atoms with van der Waals surface area (Å²) in [5, 5.41) is 4.51. The van der Waals surface area contributed by atoms with Crippen molar-refractivity contribution in [2.75, 3.05) is 13.2 Å². The number of hydrogen-bond acceptors (Lipinski definition) is 4. The molecule has 2 aromatic heterocycles. The third-order valence-electron chi connectivity index (χ3n) is 5.18. The highest BCUT2D eigenvalue weighted by molar-refractivity contribution is 5.94. The SMILES string of the molecule is Cc1cc(C)n(-c2ccc(C(=O)N(Cc3ccccn3)C[C@H]3CCCO3)cc2)n1. The van der Waals surface area contributed by atoms with Crippen molar-refractivity contribution in [1.82, 2.24) is 19.7 Å². The number of rotatable bonds is 6. The highest BCUT2D eigenvalue weighted by atomic mass is 16.5. The number of ether oxygens (including phenoxy) is 1. The van der Waals surface area contributed by atoms with Gasteiger partial charge in [0, 0.05) is 30.6 Å². The van der Waals surface area contributed by atoms with E-state index >= 15 is 0 Å². The summed E-state index contributed by atoms with van der Waals surface area (Å²) in [6, 6.07) is 15.4. The van der Waals surface area contributed by atoms with E-state index in [0.717, 1.165) is 42.2 Å². The second kappa shape index (κ2) is 8.57. The molecule has 0 spiro atoms. The molecule has 0 saturated carbocycles. The fourth-order valence-electron chi connectivity index (χ4n) is 3.76. The Hall–Kier alpha value is -2.99. The predicted octanol–water partition coefficient (Wildman–Crippen LogP) is 3.71. The van der Waals surface area contributed by atoms with Gasteiger partial charge in [-0.1, -0.05) is 6.07 Å². The van der Waals surface area contributed by atoms with Gasteiger partial charge in [0.2, 0.25) is 0 Å². The van der Waals surface area contributed by atoms with Gasteiger partial charge in [-0.3, -0.25) is 9.78 Å². The monoisotopic (exact) mass is 390 g/mol. The molecule has 1 saturated heterocycles. The molecule has 3 aromatic rings. The molecular weight excluding hydrogens is 364 g/mol. The minimum Gasteiger partial charge on any atom is -0.376 e. The summed E-state index contributed by atoms with van der Waals surface area (Å²) >= 11 is 0. The fourth-order valence-corrected chi connectivity index (χ4v) is 3.76. The van der Waals surface area contributed by atoms with Crippen LogP contribution in [-0.2, 0) is 11.3 Å². The Morgan fingerprint density at radius 1 is 1.21 bits per heavy atom. The van der Waals surface area contributed by atoms with Gasteiger partial charge in [0.05, 0.1) is 29.7 Å². The summed E-state index contributed by atoms with van der Waals surface area (Å²) in [5.74, 6) is -0.00827. The average molecular weight is 390 g/mol. The normalized spacial score (nSPS) is 16.1. The molecule has 0 bridgehead atoms. The van der Waals surface area contributed by atoms with Crippen LogP contribution in [0, 0.1) is 13.8 Å². The number of aromatic nitrogens is 3. The number of carbonyl (C=O) groups excluding carboxylic acids is 1. The van der Waals surface area contributed by atoms with Gasteiger partial charge in [-0.2, -0.15) is 5.10 Å². The lowest BCUT2D eigenvalue weighted by Crippen LogP contribution is -2.37. The third kappa shape index (κ3) is 4.54. The van der Waals surface area contributed by atoms with E-state index in [-0.39, 0.29) is 12.0 Å². The van der Waals surface area contributed by atoms with Gasteiger partial charge in [-0.15, -0.1) is 0 Å². The van der Waals surface area contributed by atoms with E-state index in [9.17, 15) is 4.79 Å². The molecule has 0 N–H and O–H groups in total. The van der Waals surface area contributed by atoms with Crippen LogP contribution in [0.3, 0.4) is 0 Å². The molecule has 1 atom stereocenters. The zero-order valence-corrected chi connectivity index (χ0v) is 16.9. The van der Waals surface area contributed by atoms with Gasteiger partial charge in [-0.25, -0.2) is 4.68 Å². The van der Waals surface area contributed by atoms with E-state index in [0.29, 0.717) is 18.7 Å². The summed E-state index contributed by atoms with van der Waals surface area (Å²) in [6.07, 6.45) is 3.89. The molecule has 150 valence electrons. The Kier molecular flexibility index (Phi) is 5.71. The summed E-state index contributed by atoms with van der Waals surface area (Å²) < 4.78 is 7.66. The molecule has 1 fully saturated rings. The Morgan fingerprint density at radius 3 is 2.66 bits per heavy atom. The number of carbonyl (C=O) groups is 1. The van der Waals surface area contributed by atoms with Crippen LogP contribution in [0.25, 0.3) is 5.69 Å². The maximum absolute atomic E-state index is 13.3. The van der Waals surface area contributed by atoms with E-state index < -0.39 is 0 Å². The van der Waals surface area contributed by atoms with Gasteiger partial charge >= 0.3 is 0 Å². The van der Waals surface area contributed by atoms with Gasteiger partial charge in [-0.05, 0) is 69.2 Å². The second-order valence-corrected chi connectivity index (χ2v) is 7.53. The molecule has 0 aliphatic carbocycles. The average Bonchev–Trinajstić information content (AvgIpc) is 3.37. The van der Waals surface area contributed by atoms with Gasteiger partial charge in [0.25, 0.3) is 5.91 Å². The molecule has 0 radical (unpaired) electrons. The number of pyridine rings is 1. The van der Waals surface area contributed by atoms with E-state index in [1.807, 2.05) is 72.0 Å². The van der Waals surface area contributed by atoms with Crippen molar-refractivity contribution < 1.29 is 9.53 Å². The molecule has 4 rings (SSSR count). The molecule has 0 unspecified atom stereocenters. The molecule has 6 nitrogen and oxygen atoms in total. The van der Waals surface area contributed by atoms with Crippen molar-refractivity contribution in [3.8, 4) is 5.69 Å². The van der Waals surface area contributed by atoms with Crippen molar-refractivity contribution >= 4 is 5.91 Å². The lowest BCUT2D eigenvalue weighted by atomic mass is 10.1. The van der Waals surface area contributed by atoms with E-state index in [2.05, 4.69) is 10.1 Å². The van der Waals surface area contributed by atoms with Crippen LogP contribution >= 0.6 is 0 Å². The smallest absolute Gasteiger partial charge is 0.254 e. The van der Waals surface area contributed by atoms with Crippen molar-refractivity contribution in [3.05, 3.63) is 77.4 Å². The van der Waals surface area contributed by atoms with Gasteiger partial charge < -0.3 is 9.64 Å². The molecule has 6 heteroatoms. The van der Waals surface area contributed by atoms with E-state index in [1.165, 1.54) is 0 Å². The minimum atomic E-state index is -0.00827. The molecule has 1 aromatic carbocycles. The van der Waals surface area contributed by atoms with Gasteiger partial charge in [0.15, 0.2) is 0 Å². The molecule has 29 heavy (non-hydrogen) atoms. The second-order valence-electron chi connectivity index (χ2n) is 7.53. The quantitative estimate of drug-likeness (QED) is 0.644. The van der Waals surface area contributed by atoms with E-state index in [1.54, 1.807) is 6.20 Å². The predicted molar refractivity (Wildman–Crippen MR) is 111 cm³/mol. The standard InChI is InChI=1S/C23H26N4O2/c1-17-14-18(2)27(25-17)21-10-8-19(9-11-21)23(28)26(16-22-7-5-13-29-22)15-20-6-3-4-12-24-20/h3-4,6,8-12,14,22H,5,7,13,15-16H2,1-2H3/t22-/m1/s1. The van der Waals surface area contributed by atoms with Crippen molar-refractivity contribution in [2.24, 2.45) is 0 Å². The van der Waals surface area contributed by atoms with Crippen LogP contribution < -0.4 is 0 Å². The molecule has 1 aliphatic heterocycles. The Morgan fingerprint density at radius 2 is 2.03 bits per heavy atom. The molecule has 3 heterocycles. The zero-order chi connectivity index (χ0) is 20.2. The summed E-state index contributed by atoms with van der Waals surface area (Å²) in [4.78, 5) is 19.5. The first kappa shape index (κ1) is 19.3. The van der Waals surface area contributed by atoms with Crippen LogP contribution in [-0.4, -0.2) is 44.8 Å². The first-order chi connectivity index (χ1) is 14.1. The Labute approximate surface area is 171 Å². The molecular formula is C23H26N4O2. The number of amides is 1. The van der Waals surface area contributed by atoms with Crippen LogP contribution in [0.2, 0.25) is 0 Å². The number of benzene rings is 1. The lowest BCUT2D eigenvalue weighted by Gasteiger charge is -2.25.